The Labute approximate surface area is 154 Å². The summed E-state index contributed by atoms with van der Waals surface area (Å²) in [5, 5.41) is 3.58. The Hall–Kier alpha value is -1.49. The molecule has 1 heterocycles. The molecule has 5 heteroatoms. The van der Waals surface area contributed by atoms with Crippen LogP contribution in [0.3, 0.4) is 0 Å². The highest BCUT2D eigenvalue weighted by atomic mass is 35.5. The van der Waals surface area contributed by atoms with Gasteiger partial charge in [0.25, 0.3) is 0 Å². The van der Waals surface area contributed by atoms with Crippen molar-refractivity contribution in [2.45, 2.75) is 38.4 Å². The first kappa shape index (κ1) is 19.8. The normalized spacial score (nSPS) is 17.3. The summed E-state index contributed by atoms with van der Waals surface area (Å²) in [6, 6.07) is 13.8. The molecular formula is C20H25ClF2N2. The summed E-state index contributed by atoms with van der Waals surface area (Å²) >= 11 is 0. The van der Waals surface area contributed by atoms with Crippen LogP contribution in [0.15, 0.2) is 48.5 Å². The molecule has 0 amide bonds. The van der Waals surface area contributed by atoms with Crippen LogP contribution in [0.25, 0.3) is 0 Å². The number of nitrogens with zero attached hydrogens (tertiary/aromatic N) is 1. The van der Waals surface area contributed by atoms with Crippen molar-refractivity contribution in [3.8, 4) is 0 Å². The van der Waals surface area contributed by atoms with E-state index < -0.39 is 0 Å². The van der Waals surface area contributed by atoms with Gasteiger partial charge in [-0.1, -0.05) is 30.7 Å². The first-order valence-electron chi connectivity index (χ1n) is 8.64. The molecule has 3 rings (SSSR count). The van der Waals surface area contributed by atoms with Crippen LogP contribution < -0.4 is 5.32 Å². The van der Waals surface area contributed by atoms with Crippen molar-refractivity contribution >= 4 is 12.4 Å². The molecular weight excluding hydrogens is 342 g/mol. The lowest BCUT2D eigenvalue weighted by atomic mass is 10.0. The van der Waals surface area contributed by atoms with Gasteiger partial charge in [-0.15, -0.1) is 12.4 Å². The number of halogens is 3. The molecule has 2 aromatic rings. The molecule has 25 heavy (non-hydrogen) atoms. The van der Waals surface area contributed by atoms with Crippen LogP contribution in [0.4, 0.5) is 8.78 Å². The minimum absolute atomic E-state index is 0. The van der Waals surface area contributed by atoms with E-state index in [-0.39, 0.29) is 24.0 Å². The van der Waals surface area contributed by atoms with Gasteiger partial charge in [0.1, 0.15) is 11.6 Å². The van der Waals surface area contributed by atoms with Crippen LogP contribution in [0.2, 0.25) is 0 Å². The van der Waals surface area contributed by atoms with E-state index in [0.717, 1.165) is 37.3 Å². The average Bonchev–Trinajstić information content (AvgIpc) is 2.60. The summed E-state index contributed by atoms with van der Waals surface area (Å²) in [6.07, 6.45) is 3.69. The number of hydrogen-bond donors (Lipinski definition) is 1. The molecule has 0 spiro atoms. The van der Waals surface area contributed by atoms with E-state index in [1.54, 1.807) is 0 Å². The summed E-state index contributed by atoms with van der Waals surface area (Å²) in [5.74, 6) is -0.421. The Morgan fingerprint density at radius 1 is 0.840 bits per heavy atom. The Morgan fingerprint density at radius 2 is 1.36 bits per heavy atom. The first-order chi connectivity index (χ1) is 11.7. The molecule has 1 atom stereocenters. The third kappa shape index (κ3) is 6.38. The second-order valence-electron chi connectivity index (χ2n) is 6.57. The highest BCUT2D eigenvalue weighted by Gasteiger charge is 2.17. The van der Waals surface area contributed by atoms with Gasteiger partial charge in [0.15, 0.2) is 0 Å². The van der Waals surface area contributed by atoms with Crippen LogP contribution in [0.5, 0.6) is 0 Å². The summed E-state index contributed by atoms with van der Waals surface area (Å²) in [5.41, 5.74) is 2.18. The Balaban J connectivity index is 0.00000225. The highest BCUT2D eigenvalue weighted by Crippen LogP contribution is 2.15. The summed E-state index contributed by atoms with van der Waals surface area (Å²) in [4.78, 5) is 2.35. The number of benzene rings is 2. The molecule has 1 aliphatic rings. The monoisotopic (exact) mass is 366 g/mol. The van der Waals surface area contributed by atoms with Crippen molar-refractivity contribution in [3.05, 3.63) is 71.3 Å². The Kier molecular flexibility index (Phi) is 7.82. The third-order valence-corrected chi connectivity index (χ3v) is 4.53. The van der Waals surface area contributed by atoms with E-state index >= 15 is 0 Å². The lowest BCUT2D eigenvalue weighted by Crippen LogP contribution is -2.43. The number of rotatable bonds is 6. The highest BCUT2D eigenvalue weighted by molar-refractivity contribution is 5.85. The zero-order valence-electron chi connectivity index (χ0n) is 14.3. The SMILES string of the molecule is Cl.Fc1ccc(CN(Cc2ccc(F)cc2)CC2CCCCN2)cc1. The minimum atomic E-state index is -0.210. The number of piperidine rings is 1. The zero-order valence-corrected chi connectivity index (χ0v) is 15.1. The van der Waals surface area contributed by atoms with E-state index in [4.69, 9.17) is 0 Å². The van der Waals surface area contributed by atoms with Gasteiger partial charge in [0.05, 0.1) is 0 Å². The van der Waals surface area contributed by atoms with Crippen molar-refractivity contribution in [1.29, 1.82) is 0 Å². The first-order valence-corrected chi connectivity index (χ1v) is 8.64. The van der Waals surface area contributed by atoms with Crippen molar-refractivity contribution in [1.82, 2.24) is 10.2 Å². The second kappa shape index (κ2) is 9.85. The molecule has 1 aliphatic heterocycles. The van der Waals surface area contributed by atoms with Crippen LogP contribution in [0.1, 0.15) is 30.4 Å². The van der Waals surface area contributed by atoms with E-state index in [1.165, 1.54) is 43.5 Å². The maximum absolute atomic E-state index is 13.1. The van der Waals surface area contributed by atoms with Gasteiger partial charge in [-0.3, -0.25) is 4.90 Å². The molecule has 0 bridgehead atoms. The molecule has 2 aromatic carbocycles. The van der Waals surface area contributed by atoms with E-state index in [9.17, 15) is 8.78 Å². The molecule has 0 aromatic heterocycles. The predicted molar refractivity (Wildman–Crippen MR) is 99.8 cm³/mol. The maximum atomic E-state index is 13.1. The van der Waals surface area contributed by atoms with Gasteiger partial charge in [-0.25, -0.2) is 8.78 Å². The Morgan fingerprint density at radius 3 is 1.80 bits per heavy atom. The summed E-state index contributed by atoms with van der Waals surface area (Å²) < 4.78 is 26.2. The van der Waals surface area contributed by atoms with Gasteiger partial charge >= 0.3 is 0 Å². The number of hydrogen-bond acceptors (Lipinski definition) is 2. The van der Waals surface area contributed by atoms with Crippen LogP contribution in [-0.4, -0.2) is 24.0 Å². The van der Waals surface area contributed by atoms with Gasteiger partial charge in [-0.2, -0.15) is 0 Å². The molecule has 1 N–H and O–H groups in total. The molecule has 0 saturated carbocycles. The Bertz CT molecular complexity index is 578. The third-order valence-electron chi connectivity index (χ3n) is 4.53. The van der Waals surface area contributed by atoms with Crippen LogP contribution >= 0.6 is 12.4 Å². The largest absolute Gasteiger partial charge is 0.313 e. The fourth-order valence-corrected chi connectivity index (χ4v) is 3.27. The fraction of sp³-hybridized carbons (Fsp3) is 0.400. The molecule has 0 aliphatic carbocycles. The van der Waals surface area contributed by atoms with Gasteiger partial charge < -0.3 is 5.32 Å². The lowest BCUT2D eigenvalue weighted by Gasteiger charge is -2.31. The second-order valence-corrected chi connectivity index (χ2v) is 6.57. The lowest BCUT2D eigenvalue weighted by molar-refractivity contribution is 0.209. The van der Waals surface area contributed by atoms with Gasteiger partial charge in [0, 0.05) is 25.7 Å². The maximum Gasteiger partial charge on any atom is 0.123 e. The fourth-order valence-electron chi connectivity index (χ4n) is 3.27. The van der Waals surface area contributed by atoms with Crippen LogP contribution in [-0.2, 0) is 13.1 Å². The van der Waals surface area contributed by atoms with Crippen molar-refractivity contribution in [2.24, 2.45) is 0 Å². The van der Waals surface area contributed by atoms with Gasteiger partial charge in [-0.05, 0) is 54.8 Å². The van der Waals surface area contributed by atoms with E-state index in [2.05, 4.69) is 10.2 Å². The van der Waals surface area contributed by atoms with E-state index in [1.807, 2.05) is 24.3 Å². The molecule has 2 nitrogen and oxygen atoms in total. The smallest absolute Gasteiger partial charge is 0.123 e. The van der Waals surface area contributed by atoms with E-state index in [0.29, 0.717) is 6.04 Å². The summed E-state index contributed by atoms with van der Waals surface area (Å²) in [6.45, 7) is 3.53. The topological polar surface area (TPSA) is 15.3 Å². The molecule has 1 saturated heterocycles. The average molecular weight is 367 g/mol. The zero-order chi connectivity index (χ0) is 16.8. The number of nitrogens with one attached hydrogen (secondary N) is 1. The van der Waals surface area contributed by atoms with Gasteiger partial charge in [0.2, 0.25) is 0 Å². The van der Waals surface area contributed by atoms with Crippen LogP contribution in [0, 0.1) is 11.6 Å². The molecule has 1 fully saturated rings. The molecule has 1 unspecified atom stereocenters. The van der Waals surface area contributed by atoms with Crippen molar-refractivity contribution in [3.63, 3.8) is 0 Å². The standard InChI is InChI=1S/C20H24F2N2.ClH/c21-18-8-4-16(5-9-18)13-24(15-20-3-1-2-12-23-20)14-17-6-10-19(22)11-7-17;/h4-11,20,23H,1-3,12-15H2;1H. The summed E-state index contributed by atoms with van der Waals surface area (Å²) in [7, 11) is 0. The quantitative estimate of drug-likeness (QED) is 0.808. The van der Waals surface area contributed by atoms with Crippen molar-refractivity contribution in [2.75, 3.05) is 13.1 Å². The minimum Gasteiger partial charge on any atom is -0.313 e. The van der Waals surface area contributed by atoms with Crippen molar-refractivity contribution < 1.29 is 8.78 Å². The molecule has 0 radical (unpaired) electrons. The predicted octanol–water partition coefficient (Wildman–Crippen LogP) is 4.53. The molecule has 136 valence electrons.